The van der Waals surface area contributed by atoms with Gasteiger partial charge in [0.25, 0.3) is 0 Å². The molecule has 0 saturated carbocycles. The zero-order valence-corrected chi connectivity index (χ0v) is 9.69. The molecule has 0 unspecified atom stereocenters. The highest BCUT2D eigenvalue weighted by Gasteiger charge is 2.11. The number of carbonyl (C=O) groups excluding carboxylic acids is 1. The lowest BCUT2D eigenvalue weighted by atomic mass is 10.2. The van der Waals surface area contributed by atoms with Gasteiger partial charge in [-0.15, -0.1) is 0 Å². The molecule has 88 valence electrons. The molecule has 0 spiro atoms. The SMILES string of the molecule is COc1ccc(OC)c(N(C)CC(N)=O)c1. The molecule has 2 N–H and O–H groups in total. The van der Waals surface area contributed by atoms with Gasteiger partial charge in [-0.25, -0.2) is 0 Å². The highest BCUT2D eigenvalue weighted by Crippen LogP contribution is 2.31. The number of anilines is 1. The zero-order valence-electron chi connectivity index (χ0n) is 9.69. The van der Waals surface area contributed by atoms with Crippen LogP contribution in [0.25, 0.3) is 0 Å². The lowest BCUT2D eigenvalue weighted by Crippen LogP contribution is -2.30. The van der Waals surface area contributed by atoms with E-state index < -0.39 is 5.91 Å². The normalized spacial score (nSPS) is 9.69. The number of ether oxygens (including phenoxy) is 2. The van der Waals surface area contributed by atoms with Crippen LogP contribution in [0.2, 0.25) is 0 Å². The van der Waals surface area contributed by atoms with E-state index in [1.165, 1.54) is 0 Å². The highest BCUT2D eigenvalue weighted by atomic mass is 16.5. The number of likely N-dealkylation sites (N-methyl/N-ethyl adjacent to an activating group) is 1. The number of hydrogen-bond donors (Lipinski definition) is 1. The van der Waals surface area contributed by atoms with Crippen LogP contribution in [-0.4, -0.2) is 33.7 Å². The van der Waals surface area contributed by atoms with E-state index in [0.29, 0.717) is 11.5 Å². The topological polar surface area (TPSA) is 64.8 Å². The largest absolute Gasteiger partial charge is 0.497 e. The van der Waals surface area contributed by atoms with Gasteiger partial charge < -0.3 is 20.1 Å². The van der Waals surface area contributed by atoms with E-state index in [0.717, 1.165) is 5.69 Å². The first-order valence-corrected chi connectivity index (χ1v) is 4.80. The van der Waals surface area contributed by atoms with Gasteiger partial charge in [-0.2, -0.15) is 0 Å². The third kappa shape index (κ3) is 2.79. The number of benzene rings is 1. The summed E-state index contributed by atoms with van der Waals surface area (Å²) in [6.45, 7) is 0.128. The number of methoxy groups -OCH3 is 2. The van der Waals surface area contributed by atoms with E-state index in [4.69, 9.17) is 15.2 Å². The van der Waals surface area contributed by atoms with Gasteiger partial charge in [-0.1, -0.05) is 0 Å². The Bertz CT molecular complexity index is 379. The summed E-state index contributed by atoms with van der Waals surface area (Å²) in [6, 6.07) is 5.37. The zero-order chi connectivity index (χ0) is 12.1. The Hall–Kier alpha value is -1.91. The van der Waals surface area contributed by atoms with Crippen LogP contribution >= 0.6 is 0 Å². The minimum Gasteiger partial charge on any atom is -0.497 e. The van der Waals surface area contributed by atoms with E-state index in [1.807, 2.05) is 0 Å². The van der Waals surface area contributed by atoms with Gasteiger partial charge in [-0.05, 0) is 12.1 Å². The van der Waals surface area contributed by atoms with Gasteiger partial charge in [-0.3, -0.25) is 4.79 Å². The molecule has 0 atom stereocenters. The third-order valence-electron chi connectivity index (χ3n) is 2.19. The molecule has 0 aromatic heterocycles. The number of amides is 1. The van der Waals surface area contributed by atoms with Crippen LogP contribution < -0.4 is 20.1 Å². The molecule has 1 aromatic rings. The average molecular weight is 224 g/mol. The maximum absolute atomic E-state index is 10.8. The molecule has 0 aliphatic rings. The minimum atomic E-state index is -0.396. The Labute approximate surface area is 94.7 Å². The molecule has 16 heavy (non-hydrogen) atoms. The molecule has 1 amide bonds. The summed E-state index contributed by atoms with van der Waals surface area (Å²) in [7, 11) is 4.92. The summed E-state index contributed by atoms with van der Waals surface area (Å²) < 4.78 is 10.3. The predicted octanol–water partition coefficient (Wildman–Crippen LogP) is 0.625. The second kappa shape index (κ2) is 5.25. The molecule has 0 heterocycles. The minimum absolute atomic E-state index is 0.128. The number of rotatable bonds is 5. The molecule has 5 nitrogen and oxygen atoms in total. The van der Waals surface area contributed by atoms with Gasteiger partial charge in [0, 0.05) is 13.1 Å². The Balaban J connectivity index is 3.02. The predicted molar refractivity (Wildman–Crippen MR) is 62.0 cm³/mol. The Morgan fingerprint density at radius 1 is 1.38 bits per heavy atom. The number of nitrogens with two attached hydrogens (primary N) is 1. The fraction of sp³-hybridized carbons (Fsp3) is 0.364. The second-order valence-corrected chi connectivity index (χ2v) is 3.36. The molecule has 0 radical (unpaired) electrons. The van der Waals surface area contributed by atoms with E-state index >= 15 is 0 Å². The molecule has 0 saturated heterocycles. The smallest absolute Gasteiger partial charge is 0.236 e. The maximum Gasteiger partial charge on any atom is 0.236 e. The van der Waals surface area contributed by atoms with Crippen molar-refractivity contribution >= 4 is 11.6 Å². The molecule has 0 fully saturated rings. The van der Waals surface area contributed by atoms with E-state index in [9.17, 15) is 4.79 Å². The van der Waals surface area contributed by atoms with Crippen LogP contribution in [0.15, 0.2) is 18.2 Å². The number of primary amides is 1. The average Bonchev–Trinajstić information content (AvgIpc) is 2.27. The van der Waals surface area contributed by atoms with E-state index in [2.05, 4.69) is 0 Å². The number of nitrogens with zero attached hydrogens (tertiary/aromatic N) is 1. The van der Waals surface area contributed by atoms with Crippen molar-refractivity contribution in [3.8, 4) is 11.5 Å². The summed E-state index contributed by atoms with van der Waals surface area (Å²) in [6.07, 6.45) is 0. The van der Waals surface area contributed by atoms with E-state index in [-0.39, 0.29) is 6.54 Å². The van der Waals surface area contributed by atoms with Gasteiger partial charge in [0.05, 0.1) is 26.5 Å². The molecule has 0 bridgehead atoms. The van der Waals surface area contributed by atoms with Gasteiger partial charge >= 0.3 is 0 Å². The summed E-state index contributed by atoms with van der Waals surface area (Å²) in [5.74, 6) is 0.976. The first-order chi connectivity index (χ1) is 7.58. The second-order valence-electron chi connectivity index (χ2n) is 3.36. The van der Waals surface area contributed by atoms with Crippen molar-refractivity contribution in [2.45, 2.75) is 0 Å². The number of hydrogen-bond acceptors (Lipinski definition) is 4. The Morgan fingerprint density at radius 3 is 2.56 bits per heavy atom. The molecule has 0 aliphatic heterocycles. The summed E-state index contributed by atoms with van der Waals surface area (Å²) in [5.41, 5.74) is 5.90. The van der Waals surface area contributed by atoms with Crippen LogP contribution in [0.1, 0.15) is 0 Å². The van der Waals surface area contributed by atoms with Crippen molar-refractivity contribution in [1.29, 1.82) is 0 Å². The van der Waals surface area contributed by atoms with Crippen molar-refractivity contribution < 1.29 is 14.3 Å². The number of carbonyl (C=O) groups is 1. The van der Waals surface area contributed by atoms with Crippen molar-refractivity contribution in [3.05, 3.63) is 18.2 Å². The summed E-state index contributed by atoms with van der Waals surface area (Å²) >= 11 is 0. The van der Waals surface area contributed by atoms with Crippen LogP contribution in [0, 0.1) is 0 Å². The summed E-state index contributed by atoms with van der Waals surface area (Å²) in [5, 5.41) is 0. The molecule has 1 aromatic carbocycles. The van der Waals surface area contributed by atoms with Crippen LogP contribution in [0.4, 0.5) is 5.69 Å². The molecule has 0 aliphatic carbocycles. The Morgan fingerprint density at radius 2 is 2.06 bits per heavy atom. The first-order valence-electron chi connectivity index (χ1n) is 4.80. The monoisotopic (exact) mass is 224 g/mol. The Kier molecular flexibility index (Phi) is 3.99. The molecular formula is C11H16N2O3. The van der Waals surface area contributed by atoms with Crippen molar-refractivity contribution in [1.82, 2.24) is 0 Å². The fourth-order valence-corrected chi connectivity index (χ4v) is 1.41. The molecule has 5 heteroatoms. The van der Waals surface area contributed by atoms with Crippen molar-refractivity contribution in [3.63, 3.8) is 0 Å². The van der Waals surface area contributed by atoms with Crippen LogP contribution in [0.5, 0.6) is 11.5 Å². The van der Waals surface area contributed by atoms with Crippen molar-refractivity contribution in [2.75, 3.05) is 32.7 Å². The van der Waals surface area contributed by atoms with Gasteiger partial charge in [0.15, 0.2) is 0 Å². The maximum atomic E-state index is 10.8. The fourth-order valence-electron chi connectivity index (χ4n) is 1.41. The third-order valence-corrected chi connectivity index (χ3v) is 2.19. The molecule has 1 rings (SSSR count). The van der Waals surface area contributed by atoms with Crippen LogP contribution in [-0.2, 0) is 4.79 Å². The van der Waals surface area contributed by atoms with Crippen molar-refractivity contribution in [2.24, 2.45) is 5.73 Å². The lowest BCUT2D eigenvalue weighted by molar-refractivity contribution is -0.116. The summed E-state index contributed by atoms with van der Waals surface area (Å²) in [4.78, 5) is 12.6. The van der Waals surface area contributed by atoms with Gasteiger partial charge in [0.2, 0.25) is 5.91 Å². The standard InChI is InChI=1S/C11H16N2O3/c1-13(7-11(12)14)9-6-8(15-2)4-5-10(9)16-3/h4-6H,7H2,1-3H3,(H2,12,14). The van der Waals surface area contributed by atoms with Crippen LogP contribution in [0.3, 0.4) is 0 Å². The molecular weight excluding hydrogens is 208 g/mol. The quantitative estimate of drug-likeness (QED) is 0.796. The lowest BCUT2D eigenvalue weighted by Gasteiger charge is -2.20. The highest BCUT2D eigenvalue weighted by molar-refractivity contribution is 5.80. The first kappa shape index (κ1) is 12.2. The van der Waals surface area contributed by atoms with Gasteiger partial charge in [0.1, 0.15) is 11.5 Å². The van der Waals surface area contributed by atoms with E-state index in [1.54, 1.807) is 44.4 Å².